The zero-order valence-electron chi connectivity index (χ0n) is 15.4. The largest absolute Gasteiger partial charge is 0.506 e. The van der Waals surface area contributed by atoms with Gasteiger partial charge >= 0.3 is 0 Å². The third-order valence-corrected chi connectivity index (χ3v) is 4.52. The number of aryl methyl sites for hydroxylation is 1. The zero-order valence-corrected chi connectivity index (χ0v) is 16.2. The summed E-state index contributed by atoms with van der Waals surface area (Å²) in [5.74, 6) is -0.0601. The highest BCUT2D eigenvalue weighted by Gasteiger charge is 2.13. The van der Waals surface area contributed by atoms with Crippen LogP contribution in [0.5, 0.6) is 5.75 Å². The fraction of sp³-hybridized carbons (Fsp3) is 0.167. The SMILES string of the molecule is Cc1nsc(N=Nc2cc(N=Nc3ccncc3)c(N(C)C)cc2O)c1C#N. The number of phenolic OH excluding ortho intramolecular Hbond substituents is 1. The van der Waals surface area contributed by atoms with Crippen LogP contribution in [-0.4, -0.2) is 28.6 Å². The molecule has 0 saturated carbocycles. The number of azo groups is 2. The average Bonchev–Trinajstić information content (AvgIpc) is 3.05. The molecule has 9 nitrogen and oxygen atoms in total. The molecule has 140 valence electrons. The van der Waals surface area contributed by atoms with Crippen LogP contribution in [0.1, 0.15) is 11.3 Å². The number of benzene rings is 1. The van der Waals surface area contributed by atoms with Gasteiger partial charge in [-0.05, 0) is 36.7 Å². The molecule has 2 aromatic heterocycles. The second-order valence-corrected chi connectivity index (χ2v) is 6.64. The highest BCUT2D eigenvalue weighted by Crippen LogP contribution is 2.40. The normalized spacial score (nSPS) is 11.2. The molecule has 0 saturated heterocycles. The minimum atomic E-state index is -0.0601. The van der Waals surface area contributed by atoms with Crippen molar-refractivity contribution < 1.29 is 5.11 Å². The van der Waals surface area contributed by atoms with E-state index in [1.807, 2.05) is 19.0 Å². The zero-order chi connectivity index (χ0) is 20.1. The Balaban J connectivity index is 1.99. The molecule has 2 heterocycles. The Morgan fingerprint density at radius 2 is 1.79 bits per heavy atom. The lowest BCUT2D eigenvalue weighted by molar-refractivity contribution is 0.476. The molecule has 0 radical (unpaired) electrons. The topological polar surface area (TPSA) is 122 Å². The van der Waals surface area contributed by atoms with Crippen LogP contribution < -0.4 is 4.90 Å². The molecular formula is C18H16N8OS. The Morgan fingerprint density at radius 3 is 2.46 bits per heavy atom. The molecule has 28 heavy (non-hydrogen) atoms. The molecule has 3 aromatic rings. The summed E-state index contributed by atoms with van der Waals surface area (Å²) in [6.07, 6.45) is 3.25. The van der Waals surface area contributed by atoms with E-state index >= 15 is 0 Å². The van der Waals surface area contributed by atoms with Gasteiger partial charge in [-0.25, -0.2) is 0 Å². The number of hydrogen-bond acceptors (Lipinski definition) is 10. The third kappa shape index (κ3) is 4.16. The van der Waals surface area contributed by atoms with Crippen LogP contribution in [0.4, 0.5) is 27.8 Å². The van der Waals surface area contributed by atoms with Gasteiger partial charge in [0.05, 0.1) is 17.1 Å². The Labute approximate surface area is 165 Å². The van der Waals surface area contributed by atoms with Crippen LogP contribution in [0.25, 0.3) is 0 Å². The van der Waals surface area contributed by atoms with Crippen molar-refractivity contribution in [1.82, 2.24) is 9.36 Å². The maximum absolute atomic E-state index is 10.3. The first kappa shape index (κ1) is 19.1. The number of rotatable bonds is 5. The van der Waals surface area contributed by atoms with Crippen molar-refractivity contribution in [2.75, 3.05) is 19.0 Å². The van der Waals surface area contributed by atoms with Crippen molar-refractivity contribution in [3.8, 4) is 11.8 Å². The number of nitrogens with zero attached hydrogens (tertiary/aromatic N) is 8. The molecule has 0 amide bonds. The maximum Gasteiger partial charge on any atom is 0.176 e. The Kier molecular flexibility index (Phi) is 5.67. The molecule has 0 unspecified atom stereocenters. The van der Waals surface area contributed by atoms with Gasteiger partial charge in [0.1, 0.15) is 28.8 Å². The van der Waals surface area contributed by atoms with Gasteiger partial charge < -0.3 is 10.0 Å². The third-order valence-electron chi connectivity index (χ3n) is 3.69. The molecule has 0 fully saturated rings. The van der Waals surface area contributed by atoms with Gasteiger partial charge in [-0.1, -0.05) is 0 Å². The fourth-order valence-corrected chi connectivity index (χ4v) is 2.93. The standard InChI is InChI=1S/C18H16N8OS/c1-11-13(10-19)18(28-25-11)24-23-15-8-14(16(26(2)3)9-17(15)27)22-21-12-4-6-20-7-5-12/h4-9,27H,1-3H3. The highest BCUT2D eigenvalue weighted by atomic mass is 32.1. The highest BCUT2D eigenvalue weighted by molar-refractivity contribution is 7.10. The van der Waals surface area contributed by atoms with Gasteiger partial charge in [0.2, 0.25) is 0 Å². The van der Waals surface area contributed by atoms with E-state index in [9.17, 15) is 10.4 Å². The first-order chi connectivity index (χ1) is 13.5. The molecule has 10 heteroatoms. The number of anilines is 1. The monoisotopic (exact) mass is 392 g/mol. The number of hydrogen-bond donors (Lipinski definition) is 1. The molecule has 0 aliphatic carbocycles. The number of pyridine rings is 1. The molecule has 0 aliphatic rings. The van der Waals surface area contributed by atoms with Crippen molar-refractivity contribution in [3.05, 3.63) is 47.9 Å². The van der Waals surface area contributed by atoms with E-state index in [2.05, 4.69) is 35.9 Å². The van der Waals surface area contributed by atoms with Crippen LogP contribution in [0.3, 0.4) is 0 Å². The Bertz CT molecular complexity index is 1080. The minimum absolute atomic E-state index is 0.0601. The van der Waals surface area contributed by atoms with Gasteiger partial charge in [0.15, 0.2) is 5.00 Å². The van der Waals surface area contributed by atoms with Crippen molar-refractivity contribution in [2.24, 2.45) is 20.5 Å². The number of nitriles is 1. The van der Waals surface area contributed by atoms with Crippen LogP contribution in [-0.2, 0) is 0 Å². The van der Waals surface area contributed by atoms with E-state index in [0.29, 0.717) is 33.3 Å². The molecule has 3 rings (SSSR count). The summed E-state index contributed by atoms with van der Waals surface area (Å²) in [6, 6.07) is 8.64. The predicted octanol–water partition coefficient (Wildman–Crippen LogP) is 5.32. The van der Waals surface area contributed by atoms with Gasteiger partial charge in [-0.15, -0.1) is 15.3 Å². The molecule has 0 bridgehead atoms. The summed E-state index contributed by atoms with van der Waals surface area (Å²) in [5.41, 5.74) is 3.00. The molecular weight excluding hydrogens is 376 g/mol. The summed E-state index contributed by atoms with van der Waals surface area (Å²) in [6.45, 7) is 1.73. The van der Waals surface area contributed by atoms with Gasteiger partial charge in [0, 0.05) is 32.6 Å². The smallest absolute Gasteiger partial charge is 0.176 e. The second kappa shape index (κ2) is 8.32. The van der Waals surface area contributed by atoms with E-state index < -0.39 is 0 Å². The van der Waals surface area contributed by atoms with Gasteiger partial charge in [-0.3, -0.25) is 4.98 Å². The van der Waals surface area contributed by atoms with E-state index in [1.165, 1.54) is 0 Å². The molecule has 1 aromatic carbocycles. The predicted molar refractivity (Wildman–Crippen MR) is 107 cm³/mol. The molecule has 1 N–H and O–H groups in total. The van der Waals surface area contributed by atoms with E-state index in [0.717, 1.165) is 11.5 Å². The lowest BCUT2D eigenvalue weighted by Gasteiger charge is -2.15. The average molecular weight is 392 g/mol. The molecule has 0 atom stereocenters. The Hall–Kier alpha value is -3.71. The molecule has 0 aliphatic heterocycles. The number of phenols is 1. The Morgan fingerprint density at radius 1 is 1.07 bits per heavy atom. The first-order valence-corrected chi connectivity index (χ1v) is 8.91. The first-order valence-electron chi connectivity index (χ1n) is 8.14. The number of aromatic hydroxyl groups is 1. The lowest BCUT2D eigenvalue weighted by atomic mass is 10.2. The summed E-state index contributed by atoms with van der Waals surface area (Å²) >= 11 is 1.07. The number of aromatic nitrogens is 2. The van der Waals surface area contributed by atoms with E-state index in [4.69, 9.17) is 0 Å². The molecule has 0 spiro atoms. The summed E-state index contributed by atoms with van der Waals surface area (Å²) in [5, 5.41) is 36.5. The van der Waals surface area contributed by atoms with Crippen LogP contribution >= 0.6 is 11.5 Å². The van der Waals surface area contributed by atoms with Crippen LogP contribution in [0.2, 0.25) is 0 Å². The van der Waals surface area contributed by atoms with Gasteiger partial charge in [0.25, 0.3) is 0 Å². The van der Waals surface area contributed by atoms with Crippen molar-refractivity contribution in [1.29, 1.82) is 5.26 Å². The summed E-state index contributed by atoms with van der Waals surface area (Å²) in [7, 11) is 3.67. The second-order valence-electron chi connectivity index (χ2n) is 5.89. The lowest BCUT2D eigenvalue weighted by Crippen LogP contribution is -2.08. The van der Waals surface area contributed by atoms with Crippen molar-refractivity contribution in [2.45, 2.75) is 6.92 Å². The van der Waals surface area contributed by atoms with E-state index in [-0.39, 0.29) is 11.4 Å². The van der Waals surface area contributed by atoms with E-state index in [1.54, 1.807) is 43.6 Å². The van der Waals surface area contributed by atoms with Crippen molar-refractivity contribution in [3.63, 3.8) is 0 Å². The quantitative estimate of drug-likeness (QED) is 0.589. The maximum atomic E-state index is 10.3. The fourth-order valence-electron chi connectivity index (χ4n) is 2.25. The van der Waals surface area contributed by atoms with Crippen LogP contribution in [0.15, 0.2) is 57.1 Å². The minimum Gasteiger partial charge on any atom is -0.506 e. The summed E-state index contributed by atoms with van der Waals surface area (Å²) in [4.78, 5) is 5.75. The van der Waals surface area contributed by atoms with Crippen LogP contribution in [0, 0.1) is 18.3 Å². The van der Waals surface area contributed by atoms with Crippen molar-refractivity contribution >= 4 is 39.3 Å². The summed E-state index contributed by atoms with van der Waals surface area (Å²) < 4.78 is 4.10. The van der Waals surface area contributed by atoms with Gasteiger partial charge in [-0.2, -0.15) is 14.7 Å².